The van der Waals surface area contributed by atoms with Crippen molar-refractivity contribution in [1.29, 1.82) is 0 Å². The zero-order chi connectivity index (χ0) is 13.2. The summed E-state index contributed by atoms with van der Waals surface area (Å²) in [4.78, 5) is 21.7. The fourth-order valence-electron chi connectivity index (χ4n) is 1.24. The highest BCUT2D eigenvalue weighted by molar-refractivity contribution is 5.95. The average Bonchev–Trinajstić information content (AvgIpc) is 2.13. The molecular weight excluding hydrogens is 224 g/mol. The van der Waals surface area contributed by atoms with Gasteiger partial charge in [-0.2, -0.15) is 0 Å². The first-order chi connectivity index (χ1) is 7.69. The molecule has 1 amide bonds. The van der Waals surface area contributed by atoms with Crippen LogP contribution in [0.4, 0.5) is 5.69 Å². The van der Waals surface area contributed by atoms with Crippen molar-refractivity contribution in [3.63, 3.8) is 0 Å². The minimum Gasteiger partial charge on any atom is -0.508 e. The monoisotopic (exact) mass is 238 g/mol. The third-order valence-corrected chi connectivity index (χ3v) is 1.86. The number of benzene rings is 1. The van der Waals surface area contributed by atoms with Gasteiger partial charge in [-0.05, 0) is 26.8 Å². The third-order valence-electron chi connectivity index (χ3n) is 1.86. The summed E-state index contributed by atoms with van der Waals surface area (Å²) in [5.41, 5.74) is -0.701. The number of carbonyl (C=O) groups excluding carboxylic acids is 1. The van der Waals surface area contributed by atoms with Crippen LogP contribution in [-0.2, 0) is 0 Å². The quantitative estimate of drug-likeness (QED) is 0.607. The lowest BCUT2D eigenvalue weighted by atomic mass is 10.1. The maximum Gasteiger partial charge on any atom is 0.273 e. The maximum absolute atomic E-state index is 11.7. The fraction of sp³-hybridized carbons (Fsp3) is 0.364. The Kier molecular flexibility index (Phi) is 3.36. The molecule has 0 saturated carbocycles. The van der Waals surface area contributed by atoms with Crippen molar-refractivity contribution in [1.82, 2.24) is 5.32 Å². The predicted octanol–water partition coefficient (Wildman–Crippen LogP) is 1.83. The maximum atomic E-state index is 11.7. The molecule has 0 atom stereocenters. The van der Waals surface area contributed by atoms with Gasteiger partial charge in [0.15, 0.2) is 0 Å². The highest BCUT2D eigenvalue weighted by Gasteiger charge is 2.18. The van der Waals surface area contributed by atoms with Crippen LogP contribution in [-0.4, -0.2) is 21.5 Å². The number of nitro groups is 1. The molecule has 0 aliphatic rings. The van der Waals surface area contributed by atoms with Crippen molar-refractivity contribution in [3.8, 4) is 5.75 Å². The van der Waals surface area contributed by atoms with E-state index in [9.17, 15) is 20.0 Å². The van der Waals surface area contributed by atoms with Gasteiger partial charge in [0.25, 0.3) is 11.6 Å². The van der Waals surface area contributed by atoms with Crippen LogP contribution in [0.1, 0.15) is 31.1 Å². The second kappa shape index (κ2) is 4.40. The molecule has 0 aliphatic heterocycles. The number of nitrogens with zero attached hydrogens (tertiary/aromatic N) is 1. The molecule has 1 rings (SSSR count). The highest BCUT2D eigenvalue weighted by Crippen LogP contribution is 2.21. The second-order valence-electron chi connectivity index (χ2n) is 4.70. The zero-order valence-corrected chi connectivity index (χ0v) is 9.85. The molecule has 1 aromatic rings. The lowest BCUT2D eigenvalue weighted by Gasteiger charge is -2.20. The summed E-state index contributed by atoms with van der Waals surface area (Å²) < 4.78 is 0. The number of nitro benzene ring substituents is 1. The molecule has 0 aromatic heterocycles. The molecule has 17 heavy (non-hydrogen) atoms. The zero-order valence-electron chi connectivity index (χ0n) is 9.85. The van der Waals surface area contributed by atoms with Crippen molar-refractivity contribution >= 4 is 11.6 Å². The van der Waals surface area contributed by atoms with Gasteiger partial charge in [0.1, 0.15) is 5.75 Å². The topological polar surface area (TPSA) is 92.5 Å². The van der Waals surface area contributed by atoms with Crippen LogP contribution in [0, 0.1) is 10.1 Å². The largest absolute Gasteiger partial charge is 0.508 e. The van der Waals surface area contributed by atoms with Crippen LogP contribution in [0.2, 0.25) is 0 Å². The van der Waals surface area contributed by atoms with Crippen molar-refractivity contribution in [2.45, 2.75) is 26.3 Å². The van der Waals surface area contributed by atoms with Crippen molar-refractivity contribution < 1.29 is 14.8 Å². The molecule has 0 unspecified atom stereocenters. The Balaban J connectivity index is 3.06. The van der Waals surface area contributed by atoms with Crippen LogP contribution in [0.15, 0.2) is 18.2 Å². The molecular formula is C11H14N2O4. The van der Waals surface area contributed by atoms with Crippen molar-refractivity contribution in [3.05, 3.63) is 33.9 Å². The van der Waals surface area contributed by atoms with E-state index < -0.39 is 16.4 Å². The van der Waals surface area contributed by atoms with E-state index in [1.165, 1.54) is 6.07 Å². The average molecular weight is 238 g/mol. The lowest BCUT2D eigenvalue weighted by Crippen LogP contribution is -2.40. The normalized spacial score (nSPS) is 11.0. The van der Waals surface area contributed by atoms with Crippen LogP contribution >= 0.6 is 0 Å². The number of phenols is 1. The first kappa shape index (κ1) is 13.0. The minimum absolute atomic E-state index is 0.0617. The van der Waals surface area contributed by atoms with Gasteiger partial charge in [-0.1, -0.05) is 0 Å². The molecule has 1 aromatic carbocycles. The number of hydrogen-bond acceptors (Lipinski definition) is 4. The van der Waals surface area contributed by atoms with Gasteiger partial charge < -0.3 is 10.4 Å². The summed E-state index contributed by atoms with van der Waals surface area (Å²) >= 11 is 0. The van der Waals surface area contributed by atoms with Gasteiger partial charge in [-0.3, -0.25) is 14.9 Å². The Labute approximate surface area is 98.4 Å². The molecule has 0 spiro atoms. The first-order valence-electron chi connectivity index (χ1n) is 5.00. The van der Waals surface area contributed by atoms with Gasteiger partial charge in [-0.25, -0.2) is 0 Å². The standard InChI is InChI=1S/C11H14N2O4/c1-11(2,3)12-10(15)7-4-8(13(16)17)6-9(14)5-7/h4-6,14H,1-3H3,(H,12,15). The molecule has 2 N–H and O–H groups in total. The van der Waals surface area contributed by atoms with E-state index in [0.29, 0.717) is 0 Å². The molecule has 92 valence electrons. The summed E-state index contributed by atoms with van der Waals surface area (Å²) in [6, 6.07) is 3.31. The Hall–Kier alpha value is -2.11. The Morgan fingerprint density at radius 3 is 2.41 bits per heavy atom. The lowest BCUT2D eigenvalue weighted by molar-refractivity contribution is -0.385. The van der Waals surface area contributed by atoms with E-state index in [2.05, 4.69) is 5.32 Å². The Bertz CT molecular complexity index is 463. The van der Waals surface area contributed by atoms with Crippen LogP contribution in [0.3, 0.4) is 0 Å². The summed E-state index contributed by atoms with van der Waals surface area (Å²) in [7, 11) is 0. The molecule has 0 radical (unpaired) electrons. The van der Waals surface area contributed by atoms with Gasteiger partial charge in [0, 0.05) is 17.2 Å². The molecule has 0 saturated heterocycles. The van der Waals surface area contributed by atoms with Gasteiger partial charge >= 0.3 is 0 Å². The second-order valence-corrected chi connectivity index (χ2v) is 4.70. The van der Waals surface area contributed by atoms with Crippen molar-refractivity contribution in [2.75, 3.05) is 0 Å². The van der Waals surface area contributed by atoms with E-state index >= 15 is 0 Å². The molecule has 0 bridgehead atoms. The summed E-state index contributed by atoms with van der Waals surface area (Å²) in [5, 5.41) is 22.5. The number of nitrogens with one attached hydrogen (secondary N) is 1. The number of rotatable bonds is 2. The van der Waals surface area contributed by atoms with E-state index in [4.69, 9.17) is 0 Å². The minimum atomic E-state index is -0.659. The Morgan fingerprint density at radius 1 is 1.35 bits per heavy atom. The summed E-state index contributed by atoms with van der Waals surface area (Å²) in [6.07, 6.45) is 0. The number of hydrogen-bond donors (Lipinski definition) is 2. The molecule has 6 heteroatoms. The number of carbonyl (C=O) groups is 1. The number of aromatic hydroxyl groups is 1. The summed E-state index contributed by atoms with van der Waals surface area (Å²) in [5.74, 6) is -0.769. The third kappa shape index (κ3) is 3.75. The highest BCUT2D eigenvalue weighted by atomic mass is 16.6. The molecule has 0 fully saturated rings. The number of amides is 1. The van der Waals surface area contributed by atoms with Crippen molar-refractivity contribution in [2.24, 2.45) is 0 Å². The van der Waals surface area contributed by atoms with E-state index in [1.54, 1.807) is 20.8 Å². The molecule has 0 heterocycles. The van der Waals surface area contributed by atoms with E-state index in [-0.39, 0.29) is 17.0 Å². The number of phenolic OH excluding ortho intramolecular Hbond substituents is 1. The number of non-ortho nitro benzene ring substituents is 1. The van der Waals surface area contributed by atoms with Gasteiger partial charge in [0.2, 0.25) is 0 Å². The molecule has 6 nitrogen and oxygen atoms in total. The fourth-order valence-corrected chi connectivity index (χ4v) is 1.24. The first-order valence-corrected chi connectivity index (χ1v) is 5.00. The SMILES string of the molecule is CC(C)(C)NC(=O)c1cc(O)cc([N+](=O)[O-])c1. The molecule has 0 aliphatic carbocycles. The summed E-state index contributed by atoms with van der Waals surface area (Å²) in [6.45, 7) is 5.38. The van der Waals surface area contributed by atoms with Crippen LogP contribution < -0.4 is 5.32 Å². The van der Waals surface area contributed by atoms with Crippen LogP contribution in [0.25, 0.3) is 0 Å². The van der Waals surface area contributed by atoms with Gasteiger partial charge in [-0.15, -0.1) is 0 Å². The Morgan fingerprint density at radius 2 is 1.94 bits per heavy atom. The van der Waals surface area contributed by atoms with Crippen LogP contribution in [0.5, 0.6) is 5.75 Å². The predicted molar refractivity (Wildman–Crippen MR) is 62.0 cm³/mol. The van der Waals surface area contributed by atoms with E-state index in [0.717, 1.165) is 12.1 Å². The van der Waals surface area contributed by atoms with E-state index in [1.807, 2.05) is 0 Å². The van der Waals surface area contributed by atoms with Gasteiger partial charge in [0.05, 0.1) is 11.0 Å². The smallest absolute Gasteiger partial charge is 0.273 e.